The van der Waals surface area contributed by atoms with Gasteiger partial charge in [-0.05, 0) is 41.2 Å². The average molecular weight is 328 g/mol. The molecule has 0 aliphatic rings. The van der Waals surface area contributed by atoms with Gasteiger partial charge in [0.2, 0.25) is 5.91 Å². The third-order valence-electron chi connectivity index (χ3n) is 2.23. The molecule has 0 aromatic carbocycles. The minimum atomic E-state index is -0.496. The normalized spacial score (nSPS) is 10.8. The Labute approximate surface area is 114 Å². The van der Waals surface area contributed by atoms with E-state index in [0.717, 1.165) is 9.35 Å². The maximum atomic E-state index is 11.7. The molecule has 3 nitrogen and oxygen atoms in total. The minimum absolute atomic E-state index is 0. The summed E-state index contributed by atoms with van der Waals surface area (Å²) in [6, 6.07) is 1.97. The van der Waals surface area contributed by atoms with Gasteiger partial charge in [0.1, 0.15) is 0 Å². The predicted octanol–water partition coefficient (Wildman–Crippen LogP) is 2.53. The molecule has 0 unspecified atom stereocenters. The second-order valence-corrected chi connectivity index (χ2v) is 5.82. The first kappa shape index (κ1) is 15.9. The standard InChI is InChI=1S/C10H15BrN2OS.ClH/c1-10(2,6-12)9(14)13-5-8-7(11)3-4-15-8;/h3-4H,5-6,12H2,1-2H3,(H,13,14);1H. The summed E-state index contributed by atoms with van der Waals surface area (Å²) in [4.78, 5) is 12.8. The van der Waals surface area contributed by atoms with Crippen LogP contribution in [0.2, 0.25) is 0 Å². The Balaban J connectivity index is 0.00000225. The fraction of sp³-hybridized carbons (Fsp3) is 0.500. The van der Waals surface area contributed by atoms with Crippen LogP contribution in [0.1, 0.15) is 18.7 Å². The van der Waals surface area contributed by atoms with Crippen LogP contribution in [-0.4, -0.2) is 12.5 Å². The van der Waals surface area contributed by atoms with E-state index in [1.54, 1.807) is 11.3 Å². The Kier molecular flexibility index (Phi) is 6.55. The summed E-state index contributed by atoms with van der Waals surface area (Å²) in [6.07, 6.45) is 0. The number of halogens is 2. The summed E-state index contributed by atoms with van der Waals surface area (Å²) in [6.45, 7) is 4.59. The predicted molar refractivity (Wildman–Crippen MR) is 73.9 cm³/mol. The summed E-state index contributed by atoms with van der Waals surface area (Å²) < 4.78 is 1.04. The maximum Gasteiger partial charge on any atom is 0.227 e. The summed E-state index contributed by atoms with van der Waals surface area (Å²) in [7, 11) is 0. The molecule has 0 fully saturated rings. The van der Waals surface area contributed by atoms with Crippen LogP contribution in [0.25, 0.3) is 0 Å². The van der Waals surface area contributed by atoms with E-state index in [1.165, 1.54) is 0 Å². The highest BCUT2D eigenvalue weighted by Gasteiger charge is 2.25. The van der Waals surface area contributed by atoms with Crippen LogP contribution in [0, 0.1) is 5.41 Å². The maximum absolute atomic E-state index is 11.7. The van der Waals surface area contributed by atoms with Gasteiger partial charge in [0.05, 0.1) is 12.0 Å². The SMILES string of the molecule is CC(C)(CN)C(=O)NCc1sccc1Br.Cl. The number of nitrogens with one attached hydrogen (secondary N) is 1. The zero-order valence-corrected chi connectivity index (χ0v) is 12.5. The minimum Gasteiger partial charge on any atom is -0.351 e. The lowest BCUT2D eigenvalue weighted by Gasteiger charge is -2.20. The number of nitrogens with two attached hydrogens (primary N) is 1. The first-order valence-corrected chi connectivity index (χ1v) is 6.35. The van der Waals surface area contributed by atoms with Crippen molar-refractivity contribution in [1.29, 1.82) is 0 Å². The van der Waals surface area contributed by atoms with E-state index >= 15 is 0 Å². The molecule has 6 heteroatoms. The van der Waals surface area contributed by atoms with Gasteiger partial charge in [-0.15, -0.1) is 23.7 Å². The molecule has 0 aliphatic carbocycles. The third kappa shape index (κ3) is 4.05. The molecular formula is C10H16BrClN2OS. The average Bonchev–Trinajstić information content (AvgIpc) is 2.60. The number of thiophene rings is 1. The van der Waals surface area contributed by atoms with Gasteiger partial charge in [0.15, 0.2) is 0 Å². The van der Waals surface area contributed by atoms with Crippen molar-refractivity contribution in [3.63, 3.8) is 0 Å². The number of carbonyl (C=O) groups excluding carboxylic acids is 1. The molecule has 16 heavy (non-hydrogen) atoms. The van der Waals surface area contributed by atoms with Crippen LogP contribution < -0.4 is 11.1 Å². The third-order valence-corrected chi connectivity index (χ3v) is 4.15. The van der Waals surface area contributed by atoms with Crippen molar-refractivity contribution >= 4 is 45.6 Å². The van der Waals surface area contributed by atoms with Gasteiger partial charge in [0.25, 0.3) is 0 Å². The number of carbonyl (C=O) groups is 1. The molecule has 0 aliphatic heterocycles. The lowest BCUT2D eigenvalue weighted by Crippen LogP contribution is -2.41. The zero-order chi connectivity index (χ0) is 11.5. The first-order chi connectivity index (χ1) is 6.97. The van der Waals surface area contributed by atoms with Gasteiger partial charge in [-0.2, -0.15) is 0 Å². The smallest absolute Gasteiger partial charge is 0.227 e. The van der Waals surface area contributed by atoms with E-state index in [9.17, 15) is 4.79 Å². The monoisotopic (exact) mass is 326 g/mol. The van der Waals surface area contributed by atoms with Crippen molar-refractivity contribution in [2.75, 3.05) is 6.54 Å². The topological polar surface area (TPSA) is 55.1 Å². The quantitative estimate of drug-likeness (QED) is 0.893. The van der Waals surface area contributed by atoms with Gasteiger partial charge < -0.3 is 11.1 Å². The van der Waals surface area contributed by atoms with Crippen LogP contribution in [0.4, 0.5) is 0 Å². The molecule has 0 saturated heterocycles. The Hall–Kier alpha value is -0.100. The molecular weight excluding hydrogens is 312 g/mol. The Bertz CT molecular complexity index is 354. The molecule has 0 radical (unpaired) electrons. The van der Waals surface area contributed by atoms with Crippen LogP contribution >= 0.6 is 39.7 Å². The van der Waals surface area contributed by atoms with Gasteiger partial charge in [-0.1, -0.05) is 0 Å². The van der Waals surface area contributed by atoms with E-state index in [2.05, 4.69) is 21.2 Å². The van der Waals surface area contributed by atoms with Crippen molar-refractivity contribution in [3.05, 3.63) is 20.8 Å². The van der Waals surface area contributed by atoms with Crippen molar-refractivity contribution in [2.45, 2.75) is 20.4 Å². The molecule has 0 bridgehead atoms. The number of hydrogen-bond acceptors (Lipinski definition) is 3. The molecule has 3 N–H and O–H groups in total. The summed E-state index contributed by atoms with van der Waals surface area (Å²) in [5.41, 5.74) is 5.02. The highest BCUT2D eigenvalue weighted by Crippen LogP contribution is 2.22. The number of hydrogen-bond donors (Lipinski definition) is 2. The van der Waals surface area contributed by atoms with Gasteiger partial charge in [0, 0.05) is 15.9 Å². The van der Waals surface area contributed by atoms with Crippen molar-refractivity contribution in [3.8, 4) is 0 Å². The van der Waals surface area contributed by atoms with E-state index in [4.69, 9.17) is 5.73 Å². The molecule has 1 heterocycles. The van der Waals surface area contributed by atoms with Crippen molar-refractivity contribution in [2.24, 2.45) is 11.1 Å². The van der Waals surface area contributed by atoms with E-state index in [1.807, 2.05) is 25.3 Å². The van der Waals surface area contributed by atoms with Gasteiger partial charge in [-0.25, -0.2) is 0 Å². The second kappa shape index (κ2) is 6.59. The summed E-state index contributed by atoms with van der Waals surface area (Å²) in [5, 5.41) is 4.86. The zero-order valence-electron chi connectivity index (χ0n) is 9.25. The largest absolute Gasteiger partial charge is 0.351 e. The molecule has 0 atom stereocenters. The van der Waals surface area contributed by atoms with Crippen LogP contribution in [0.5, 0.6) is 0 Å². The van der Waals surface area contributed by atoms with E-state index in [-0.39, 0.29) is 18.3 Å². The summed E-state index contributed by atoms with van der Waals surface area (Å²) >= 11 is 5.04. The lowest BCUT2D eigenvalue weighted by molar-refractivity contribution is -0.129. The molecule has 1 amide bonds. The lowest BCUT2D eigenvalue weighted by atomic mass is 9.93. The molecule has 1 aromatic rings. The summed E-state index contributed by atoms with van der Waals surface area (Å²) in [5.74, 6) is -0.00898. The van der Waals surface area contributed by atoms with Crippen LogP contribution in [-0.2, 0) is 11.3 Å². The van der Waals surface area contributed by atoms with E-state index in [0.29, 0.717) is 13.1 Å². The highest BCUT2D eigenvalue weighted by atomic mass is 79.9. The number of rotatable bonds is 4. The van der Waals surface area contributed by atoms with Crippen molar-refractivity contribution < 1.29 is 4.79 Å². The van der Waals surface area contributed by atoms with Crippen LogP contribution in [0.3, 0.4) is 0 Å². The molecule has 0 spiro atoms. The van der Waals surface area contributed by atoms with Crippen LogP contribution in [0.15, 0.2) is 15.9 Å². The van der Waals surface area contributed by atoms with Crippen molar-refractivity contribution in [1.82, 2.24) is 5.32 Å². The van der Waals surface area contributed by atoms with Gasteiger partial charge in [-0.3, -0.25) is 4.79 Å². The fourth-order valence-corrected chi connectivity index (χ4v) is 2.38. The Morgan fingerprint density at radius 1 is 1.62 bits per heavy atom. The number of amides is 1. The molecule has 0 saturated carbocycles. The Morgan fingerprint density at radius 2 is 2.25 bits per heavy atom. The van der Waals surface area contributed by atoms with Gasteiger partial charge >= 0.3 is 0 Å². The Morgan fingerprint density at radius 3 is 2.69 bits per heavy atom. The molecule has 1 rings (SSSR count). The fourth-order valence-electron chi connectivity index (χ4n) is 0.944. The van der Waals surface area contributed by atoms with E-state index < -0.39 is 5.41 Å². The molecule has 1 aromatic heterocycles. The highest BCUT2D eigenvalue weighted by molar-refractivity contribution is 9.10. The second-order valence-electron chi connectivity index (χ2n) is 3.96. The first-order valence-electron chi connectivity index (χ1n) is 4.67. The molecule has 92 valence electrons.